The van der Waals surface area contributed by atoms with Gasteiger partial charge in [0, 0.05) is 18.3 Å². The molecule has 0 spiro atoms. The fraction of sp³-hybridized carbons (Fsp3) is 0.400. The first-order valence-electron chi connectivity index (χ1n) is 4.35. The zero-order valence-electron chi connectivity index (χ0n) is 8.23. The number of nitrogens with zero attached hydrogens (tertiary/aromatic N) is 1. The molecular formula is C10H13NO3. The second kappa shape index (κ2) is 4.72. The summed E-state index contributed by atoms with van der Waals surface area (Å²) in [5.41, 5.74) is 1.18. The van der Waals surface area contributed by atoms with Crippen molar-refractivity contribution in [1.82, 2.24) is 4.98 Å². The van der Waals surface area contributed by atoms with Crippen molar-refractivity contribution in [2.45, 2.75) is 19.4 Å². The highest BCUT2D eigenvalue weighted by atomic mass is 16.5. The lowest BCUT2D eigenvalue weighted by atomic mass is 10.2. The number of hydrogen-bond donors (Lipinski definition) is 1. The summed E-state index contributed by atoms with van der Waals surface area (Å²) in [7, 11) is 1.33. The third-order valence-electron chi connectivity index (χ3n) is 1.75. The van der Waals surface area contributed by atoms with Crippen LogP contribution in [-0.4, -0.2) is 29.3 Å². The van der Waals surface area contributed by atoms with Crippen molar-refractivity contribution in [3.8, 4) is 0 Å². The first kappa shape index (κ1) is 10.7. The highest BCUT2D eigenvalue weighted by molar-refractivity contribution is 5.88. The Bertz CT molecular complexity index is 306. The van der Waals surface area contributed by atoms with Crippen molar-refractivity contribution < 1.29 is 14.6 Å². The molecule has 0 amide bonds. The standard InChI is InChI=1S/C10H13NO3/c1-7(12)5-9-4-3-8(6-11-9)10(13)14-2/h3-4,6-7,12H,5H2,1-2H3. The maximum Gasteiger partial charge on any atom is 0.339 e. The van der Waals surface area contributed by atoms with Gasteiger partial charge >= 0.3 is 5.97 Å². The van der Waals surface area contributed by atoms with Crippen LogP contribution in [-0.2, 0) is 11.2 Å². The van der Waals surface area contributed by atoms with E-state index >= 15 is 0 Å². The fourth-order valence-electron chi connectivity index (χ4n) is 1.09. The quantitative estimate of drug-likeness (QED) is 0.724. The average Bonchev–Trinajstić information content (AvgIpc) is 2.17. The summed E-state index contributed by atoms with van der Waals surface area (Å²) in [4.78, 5) is 15.1. The van der Waals surface area contributed by atoms with Crippen molar-refractivity contribution in [3.05, 3.63) is 29.6 Å². The Labute approximate surface area is 82.5 Å². The van der Waals surface area contributed by atoms with Gasteiger partial charge in [-0.2, -0.15) is 0 Å². The van der Waals surface area contributed by atoms with Crippen molar-refractivity contribution in [3.63, 3.8) is 0 Å². The lowest BCUT2D eigenvalue weighted by Gasteiger charge is -2.03. The lowest BCUT2D eigenvalue weighted by molar-refractivity contribution is 0.0600. The van der Waals surface area contributed by atoms with Gasteiger partial charge in [0.15, 0.2) is 0 Å². The van der Waals surface area contributed by atoms with Gasteiger partial charge in [-0.05, 0) is 19.1 Å². The molecular weight excluding hydrogens is 182 g/mol. The zero-order chi connectivity index (χ0) is 10.6. The Morgan fingerprint density at radius 1 is 1.64 bits per heavy atom. The van der Waals surface area contributed by atoms with E-state index in [1.807, 2.05) is 0 Å². The molecule has 0 bridgehead atoms. The van der Waals surface area contributed by atoms with E-state index in [9.17, 15) is 4.79 Å². The molecule has 76 valence electrons. The first-order chi connectivity index (χ1) is 6.63. The summed E-state index contributed by atoms with van der Waals surface area (Å²) >= 11 is 0. The van der Waals surface area contributed by atoms with Crippen molar-refractivity contribution >= 4 is 5.97 Å². The second-order valence-corrected chi connectivity index (χ2v) is 3.08. The molecule has 1 aromatic rings. The number of carbonyl (C=O) groups is 1. The first-order valence-corrected chi connectivity index (χ1v) is 4.35. The van der Waals surface area contributed by atoms with E-state index in [1.165, 1.54) is 13.3 Å². The van der Waals surface area contributed by atoms with E-state index in [-0.39, 0.29) is 0 Å². The maximum absolute atomic E-state index is 11.0. The molecule has 0 saturated carbocycles. The predicted molar refractivity (Wildman–Crippen MR) is 51.0 cm³/mol. The van der Waals surface area contributed by atoms with Crippen molar-refractivity contribution in [1.29, 1.82) is 0 Å². The molecule has 1 rings (SSSR count). The summed E-state index contributed by atoms with van der Waals surface area (Å²) in [5.74, 6) is -0.402. The van der Waals surface area contributed by atoms with Crippen LogP contribution in [0.1, 0.15) is 23.0 Å². The number of esters is 1. The third kappa shape index (κ3) is 2.81. The summed E-state index contributed by atoms with van der Waals surface area (Å²) < 4.78 is 4.53. The summed E-state index contributed by atoms with van der Waals surface area (Å²) in [5, 5.41) is 9.10. The SMILES string of the molecule is COC(=O)c1ccc(CC(C)O)nc1. The highest BCUT2D eigenvalue weighted by Gasteiger charge is 2.06. The van der Waals surface area contributed by atoms with Gasteiger partial charge in [0.1, 0.15) is 0 Å². The Hall–Kier alpha value is -1.42. The molecule has 0 aliphatic heterocycles. The lowest BCUT2D eigenvalue weighted by Crippen LogP contribution is -2.07. The van der Waals surface area contributed by atoms with Crippen LogP contribution in [0.2, 0.25) is 0 Å². The molecule has 1 aromatic heterocycles. The Kier molecular flexibility index (Phi) is 3.59. The molecule has 1 heterocycles. The molecule has 1 N–H and O–H groups in total. The largest absolute Gasteiger partial charge is 0.465 e. The number of pyridine rings is 1. The summed E-state index contributed by atoms with van der Waals surface area (Å²) in [6, 6.07) is 3.34. The smallest absolute Gasteiger partial charge is 0.339 e. The number of aromatic nitrogens is 1. The molecule has 0 aliphatic rings. The maximum atomic E-state index is 11.0. The molecule has 1 atom stereocenters. The number of aliphatic hydroxyl groups is 1. The van der Waals surface area contributed by atoms with E-state index in [0.717, 1.165) is 5.69 Å². The van der Waals surface area contributed by atoms with Gasteiger partial charge in [-0.3, -0.25) is 4.98 Å². The molecule has 14 heavy (non-hydrogen) atoms. The molecule has 0 aliphatic carbocycles. The van der Waals surface area contributed by atoms with E-state index in [4.69, 9.17) is 5.11 Å². The normalized spacial score (nSPS) is 12.2. The Balaban J connectivity index is 2.73. The summed E-state index contributed by atoms with van der Waals surface area (Å²) in [6.45, 7) is 1.69. The average molecular weight is 195 g/mol. The fourth-order valence-corrected chi connectivity index (χ4v) is 1.09. The monoisotopic (exact) mass is 195 g/mol. The molecule has 0 saturated heterocycles. The van der Waals surface area contributed by atoms with Gasteiger partial charge in [-0.25, -0.2) is 4.79 Å². The van der Waals surface area contributed by atoms with Crippen LogP contribution in [0.5, 0.6) is 0 Å². The van der Waals surface area contributed by atoms with Gasteiger partial charge < -0.3 is 9.84 Å². The Morgan fingerprint density at radius 2 is 2.36 bits per heavy atom. The number of ether oxygens (including phenoxy) is 1. The predicted octanol–water partition coefficient (Wildman–Crippen LogP) is 0.792. The van der Waals surface area contributed by atoms with Gasteiger partial charge in [0.2, 0.25) is 0 Å². The number of rotatable bonds is 3. The molecule has 0 radical (unpaired) electrons. The van der Waals surface area contributed by atoms with Gasteiger partial charge in [-0.15, -0.1) is 0 Å². The van der Waals surface area contributed by atoms with Crippen LogP contribution in [0.15, 0.2) is 18.3 Å². The van der Waals surface area contributed by atoms with Crippen LogP contribution < -0.4 is 0 Å². The molecule has 4 nitrogen and oxygen atoms in total. The minimum Gasteiger partial charge on any atom is -0.465 e. The van der Waals surface area contributed by atoms with Crippen LogP contribution in [0.4, 0.5) is 0 Å². The van der Waals surface area contributed by atoms with Gasteiger partial charge in [-0.1, -0.05) is 0 Å². The topological polar surface area (TPSA) is 59.4 Å². The highest BCUT2D eigenvalue weighted by Crippen LogP contribution is 2.04. The second-order valence-electron chi connectivity index (χ2n) is 3.08. The number of carbonyl (C=O) groups excluding carboxylic acids is 1. The minimum absolute atomic E-state index is 0.402. The molecule has 0 aromatic carbocycles. The van der Waals surface area contributed by atoms with Crippen molar-refractivity contribution in [2.75, 3.05) is 7.11 Å². The molecule has 0 fully saturated rings. The van der Waals surface area contributed by atoms with E-state index in [1.54, 1.807) is 19.1 Å². The van der Waals surface area contributed by atoms with Crippen molar-refractivity contribution in [2.24, 2.45) is 0 Å². The molecule has 1 unspecified atom stereocenters. The van der Waals surface area contributed by atoms with Gasteiger partial charge in [0.05, 0.1) is 18.8 Å². The van der Waals surface area contributed by atoms with Crippen LogP contribution in [0.25, 0.3) is 0 Å². The van der Waals surface area contributed by atoms with E-state index in [2.05, 4.69) is 9.72 Å². The van der Waals surface area contributed by atoms with Crippen LogP contribution in [0, 0.1) is 0 Å². The van der Waals surface area contributed by atoms with E-state index in [0.29, 0.717) is 12.0 Å². The van der Waals surface area contributed by atoms with E-state index < -0.39 is 12.1 Å². The number of aliphatic hydroxyl groups excluding tert-OH is 1. The minimum atomic E-state index is -0.425. The summed E-state index contributed by atoms with van der Waals surface area (Å²) in [6.07, 6.45) is 1.51. The molecule has 4 heteroatoms. The number of methoxy groups -OCH3 is 1. The van der Waals surface area contributed by atoms with Gasteiger partial charge in [0.25, 0.3) is 0 Å². The Morgan fingerprint density at radius 3 is 2.79 bits per heavy atom. The van der Waals surface area contributed by atoms with Crippen LogP contribution in [0.3, 0.4) is 0 Å². The third-order valence-corrected chi connectivity index (χ3v) is 1.75. The number of hydrogen-bond acceptors (Lipinski definition) is 4. The van der Waals surface area contributed by atoms with Crippen LogP contribution >= 0.6 is 0 Å². The zero-order valence-corrected chi connectivity index (χ0v) is 8.23.